The summed E-state index contributed by atoms with van der Waals surface area (Å²) in [5, 5.41) is 0. The molecule has 0 spiro atoms. The number of unbranched alkanes of at least 4 members (excludes halogenated alkanes) is 1. The van der Waals surface area contributed by atoms with Crippen molar-refractivity contribution in [1.82, 2.24) is 14.5 Å². The van der Waals surface area contributed by atoms with Crippen LogP contribution in [0.5, 0.6) is 5.75 Å². The molecule has 1 aliphatic heterocycles. The Kier molecular flexibility index (Phi) is 6.36. The minimum absolute atomic E-state index is 0.123. The number of fused-ring (bicyclic) bond motifs is 1. The molecule has 1 aliphatic rings. The molecule has 2 heterocycles. The number of carbonyl (C=O) groups is 1. The van der Waals surface area contributed by atoms with Gasteiger partial charge in [0.1, 0.15) is 11.6 Å². The van der Waals surface area contributed by atoms with Gasteiger partial charge < -0.3 is 14.2 Å². The van der Waals surface area contributed by atoms with E-state index in [1.165, 1.54) is 5.52 Å². The molecule has 1 amide bonds. The average Bonchev–Trinajstić information content (AvgIpc) is 3.09. The van der Waals surface area contributed by atoms with E-state index < -0.39 is 0 Å². The minimum atomic E-state index is 0.123. The molecule has 5 nitrogen and oxygen atoms in total. The van der Waals surface area contributed by atoms with Crippen LogP contribution in [0.3, 0.4) is 0 Å². The monoisotopic (exact) mass is 405 g/mol. The van der Waals surface area contributed by atoms with Gasteiger partial charge in [0.25, 0.3) is 5.91 Å². The first-order valence-electron chi connectivity index (χ1n) is 11.1. The van der Waals surface area contributed by atoms with Gasteiger partial charge in [0.2, 0.25) is 0 Å². The third-order valence-corrected chi connectivity index (χ3v) is 6.06. The summed E-state index contributed by atoms with van der Waals surface area (Å²) in [5.74, 6) is 2.59. The van der Waals surface area contributed by atoms with Crippen molar-refractivity contribution < 1.29 is 9.53 Å². The molecular formula is C25H31N3O2. The number of likely N-dealkylation sites (tertiary alicyclic amines) is 1. The maximum atomic E-state index is 12.9. The van der Waals surface area contributed by atoms with E-state index in [2.05, 4.69) is 41.6 Å². The van der Waals surface area contributed by atoms with E-state index in [9.17, 15) is 4.79 Å². The molecule has 0 bridgehead atoms. The van der Waals surface area contributed by atoms with Crippen LogP contribution in [-0.2, 0) is 6.54 Å². The van der Waals surface area contributed by atoms with Gasteiger partial charge in [0.05, 0.1) is 17.6 Å². The fourth-order valence-corrected chi connectivity index (χ4v) is 4.21. The Bertz CT molecular complexity index is 985. The molecule has 158 valence electrons. The third-order valence-electron chi connectivity index (χ3n) is 6.06. The molecule has 2 aromatic carbocycles. The van der Waals surface area contributed by atoms with Crippen LogP contribution < -0.4 is 4.74 Å². The van der Waals surface area contributed by atoms with Crippen molar-refractivity contribution in [2.24, 2.45) is 5.92 Å². The first kappa shape index (κ1) is 20.5. The summed E-state index contributed by atoms with van der Waals surface area (Å²) in [6, 6.07) is 15.9. The average molecular weight is 406 g/mol. The first-order chi connectivity index (χ1) is 14.7. The summed E-state index contributed by atoms with van der Waals surface area (Å²) < 4.78 is 8.03. The third kappa shape index (κ3) is 4.50. The van der Waals surface area contributed by atoms with Crippen molar-refractivity contribution in [3.63, 3.8) is 0 Å². The van der Waals surface area contributed by atoms with Gasteiger partial charge in [-0.2, -0.15) is 0 Å². The van der Waals surface area contributed by atoms with Crippen LogP contribution in [0.15, 0.2) is 48.5 Å². The smallest absolute Gasteiger partial charge is 0.253 e. The van der Waals surface area contributed by atoms with E-state index in [0.717, 1.165) is 74.6 Å². The molecule has 1 saturated heterocycles. The molecule has 0 atom stereocenters. The van der Waals surface area contributed by atoms with Gasteiger partial charge in [-0.25, -0.2) is 4.98 Å². The Morgan fingerprint density at radius 2 is 1.83 bits per heavy atom. The summed E-state index contributed by atoms with van der Waals surface area (Å²) in [6.07, 6.45) is 4.21. The fourth-order valence-electron chi connectivity index (χ4n) is 4.21. The number of amides is 1. The van der Waals surface area contributed by atoms with Crippen molar-refractivity contribution in [1.29, 1.82) is 0 Å². The fraction of sp³-hybridized carbons (Fsp3) is 0.440. The van der Waals surface area contributed by atoms with E-state index in [1.807, 2.05) is 35.2 Å². The highest BCUT2D eigenvalue weighted by Gasteiger charge is 2.24. The SMILES string of the molecule is CCCCOc1ccc(C(=O)N2CCC(Cn3c(C)nc4ccccc43)CC2)cc1. The highest BCUT2D eigenvalue weighted by atomic mass is 16.5. The number of ether oxygens (including phenoxy) is 1. The Labute approximate surface area is 178 Å². The molecule has 0 saturated carbocycles. The maximum absolute atomic E-state index is 12.9. The second-order valence-corrected chi connectivity index (χ2v) is 8.22. The summed E-state index contributed by atoms with van der Waals surface area (Å²) >= 11 is 0. The lowest BCUT2D eigenvalue weighted by atomic mass is 9.96. The van der Waals surface area contributed by atoms with Crippen molar-refractivity contribution in [3.05, 3.63) is 59.9 Å². The predicted octanol–water partition coefficient (Wildman–Crippen LogP) is 5.08. The topological polar surface area (TPSA) is 47.4 Å². The predicted molar refractivity (Wildman–Crippen MR) is 120 cm³/mol. The van der Waals surface area contributed by atoms with E-state index in [4.69, 9.17) is 4.74 Å². The van der Waals surface area contributed by atoms with Crippen molar-refractivity contribution in [2.75, 3.05) is 19.7 Å². The highest BCUT2D eigenvalue weighted by molar-refractivity contribution is 5.94. The summed E-state index contributed by atoms with van der Waals surface area (Å²) in [5.41, 5.74) is 3.01. The quantitative estimate of drug-likeness (QED) is 0.515. The van der Waals surface area contributed by atoms with Crippen LogP contribution in [0.1, 0.15) is 48.8 Å². The maximum Gasteiger partial charge on any atom is 0.253 e. The van der Waals surface area contributed by atoms with Gasteiger partial charge in [0.15, 0.2) is 0 Å². The number of nitrogens with zero attached hydrogens (tertiary/aromatic N) is 3. The van der Waals surface area contributed by atoms with Crippen LogP contribution in [0.2, 0.25) is 0 Å². The second-order valence-electron chi connectivity index (χ2n) is 8.22. The van der Waals surface area contributed by atoms with Crippen LogP contribution in [0.4, 0.5) is 0 Å². The van der Waals surface area contributed by atoms with Gasteiger partial charge in [-0.15, -0.1) is 0 Å². The largest absolute Gasteiger partial charge is 0.494 e. The van der Waals surface area contributed by atoms with Gasteiger partial charge >= 0.3 is 0 Å². The number of hydrogen-bond acceptors (Lipinski definition) is 3. The van der Waals surface area contributed by atoms with Gasteiger partial charge in [-0.05, 0) is 68.5 Å². The molecule has 4 rings (SSSR count). The lowest BCUT2D eigenvalue weighted by Gasteiger charge is -2.32. The molecule has 0 unspecified atom stereocenters. The molecule has 0 N–H and O–H groups in total. The number of hydrogen-bond donors (Lipinski definition) is 0. The molecular weight excluding hydrogens is 374 g/mol. The molecule has 1 aromatic heterocycles. The summed E-state index contributed by atoms with van der Waals surface area (Å²) in [7, 11) is 0. The molecule has 5 heteroatoms. The number of imidazole rings is 1. The number of benzene rings is 2. The van der Waals surface area contributed by atoms with Crippen molar-refractivity contribution in [3.8, 4) is 5.75 Å². The molecule has 0 radical (unpaired) electrons. The standard InChI is InChI=1S/C25H31N3O2/c1-3-4-17-30-22-11-9-21(10-12-22)25(29)27-15-13-20(14-16-27)18-28-19(2)26-23-7-5-6-8-24(23)28/h5-12,20H,3-4,13-18H2,1-2H3. The van der Waals surface area contributed by atoms with E-state index in [-0.39, 0.29) is 5.91 Å². The minimum Gasteiger partial charge on any atom is -0.494 e. The Morgan fingerprint density at radius 1 is 1.10 bits per heavy atom. The second kappa shape index (κ2) is 9.33. The first-order valence-corrected chi connectivity index (χ1v) is 11.1. The highest BCUT2D eigenvalue weighted by Crippen LogP contribution is 2.24. The van der Waals surface area contributed by atoms with E-state index in [1.54, 1.807) is 0 Å². The molecule has 30 heavy (non-hydrogen) atoms. The molecule has 3 aromatic rings. The normalized spacial score (nSPS) is 14.9. The van der Waals surface area contributed by atoms with E-state index >= 15 is 0 Å². The number of rotatable bonds is 7. The van der Waals surface area contributed by atoms with Gasteiger partial charge in [0, 0.05) is 25.2 Å². The Balaban J connectivity index is 1.33. The van der Waals surface area contributed by atoms with Crippen LogP contribution >= 0.6 is 0 Å². The Hall–Kier alpha value is -2.82. The van der Waals surface area contributed by atoms with Crippen LogP contribution in [-0.4, -0.2) is 40.1 Å². The number of aromatic nitrogens is 2. The number of carbonyl (C=O) groups excluding carboxylic acids is 1. The van der Waals surface area contributed by atoms with E-state index in [0.29, 0.717) is 5.92 Å². The molecule has 0 aliphatic carbocycles. The lowest BCUT2D eigenvalue weighted by molar-refractivity contribution is 0.0683. The summed E-state index contributed by atoms with van der Waals surface area (Å²) in [6.45, 7) is 7.54. The van der Waals surface area contributed by atoms with Crippen molar-refractivity contribution >= 4 is 16.9 Å². The van der Waals surface area contributed by atoms with Crippen LogP contribution in [0.25, 0.3) is 11.0 Å². The van der Waals surface area contributed by atoms with Gasteiger partial charge in [-0.1, -0.05) is 25.5 Å². The lowest BCUT2D eigenvalue weighted by Crippen LogP contribution is -2.39. The van der Waals surface area contributed by atoms with Crippen molar-refractivity contribution in [2.45, 2.75) is 46.1 Å². The van der Waals surface area contributed by atoms with Crippen LogP contribution in [0, 0.1) is 12.8 Å². The zero-order valence-corrected chi connectivity index (χ0v) is 18.0. The molecule has 1 fully saturated rings. The number of aryl methyl sites for hydroxylation is 1. The zero-order valence-electron chi connectivity index (χ0n) is 18.0. The number of piperidine rings is 1. The van der Waals surface area contributed by atoms with Gasteiger partial charge in [-0.3, -0.25) is 4.79 Å². The zero-order chi connectivity index (χ0) is 20.9. The Morgan fingerprint density at radius 3 is 2.57 bits per heavy atom. The number of para-hydroxylation sites is 2. The summed E-state index contributed by atoms with van der Waals surface area (Å²) in [4.78, 5) is 19.6.